The molecule has 1 fully saturated rings. The van der Waals surface area contributed by atoms with Crippen molar-refractivity contribution in [1.82, 2.24) is 15.5 Å². The van der Waals surface area contributed by atoms with Crippen molar-refractivity contribution in [3.63, 3.8) is 0 Å². The number of hydrogen-bond acceptors (Lipinski definition) is 3. The highest BCUT2D eigenvalue weighted by Gasteiger charge is 2.16. The summed E-state index contributed by atoms with van der Waals surface area (Å²) < 4.78 is 0. The molecule has 0 heterocycles. The highest BCUT2D eigenvalue weighted by molar-refractivity contribution is 5.81. The van der Waals surface area contributed by atoms with Gasteiger partial charge in [-0.2, -0.15) is 0 Å². The Kier molecular flexibility index (Phi) is 5.25. The van der Waals surface area contributed by atoms with Gasteiger partial charge in [0.1, 0.15) is 0 Å². The average Bonchev–Trinajstić information content (AvgIpc) is 2.70. The molecule has 0 bridgehead atoms. The van der Waals surface area contributed by atoms with Gasteiger partial charge >= 0.3 is 0 Å². The normalized spacial score (nSPS) is 16.1. The van der Waals surface area contributed by atoms with Crippen molar-refractivity contribution in [2.24, 2.45) is 0 Å². The van der Waals surface area contributed by atoms with Crippen LogP contribution in [0.3, 0.4) is 0 Å². The number of amides is 2. The number of hydrogen-bond donors (Lipinski definition) is 2. The second kappa shape index (κ2) is 6.48. The summed E-state index contributed by atoms with van der Waals surface area (Å²) in [7, 11) is 3.39. The van der Waals surface area contributed by atoms with Gasteiger partial charge in [-0.3, -0.25) is 14.9 Å². The van der Waals surface area contributed by atoms with Crippen LogP contribution in [0.25, 0.3) is 0 Å². The van der Waals surface area contributed by atoms with Gasteiger partial charge in [-0.25, -0.2) is 0 Å². The molecule has 1 aliphatic carbocycles. The maximum Gasteiger partial charge on any atom is 0.236 e. The van der Waals surface area contributed by atoms with Gasteiger partial charge in [0.25, 0.3) is 0 Å². The van der Waals surface area contributed by atoms with Crippen molar-refractivity contribution in [2.75, 3.05) is 27.2 Å². The number of carbonyl (C=O) groups excluding carboxylic acids is 2. The van der Waals surface area contributed by atoms with Crippen molar-refractivity contribution in [2.45, 2.75) is 31.7 Å². The van der Waals surface area contributed by atoms with E-state index in [1.54, 1.807) is 14.1 Å². The van der Waals surface area contributed by atoms with Gasteiger partial charge in [-0.05, 0) is 12.8 Å². The van der Waals surface area contributed by atoms with Crippen LogP contribution in [-0.4, -0.2) is 49.9 Å². The van der Waals surface area contributed by atoms with Crippen LogP contribution >= 0.6 is 0 Å². The fraction of sp³-hybridized carbons (Fsp3) is 0.818. The second-order valence-corrected chi connectivity index (χ2v) is 4.44. The lowest BCUT2D eigenvalue weighted by Crippen LogP contribution is -2.42. The van der Waals surface area contributed by atoms with Crippen LogP contribution in [0.1, 0.15) is 25.7 Å². The van der Waals surface area contributed by atoms with E-state index in [1.165, 1.54) is 17.7 Å². The lowest BCUT2D eigenvalue weighted by Gasteiger charge is -2.13. The van der Waals surface area contributed by atoms with Gasteiger partial charge in [-0.15, -0.1) is 0 Å². The quantitative estimate of drug-likeness (QED) is 0.679. The lowest BCUT2D eigenvalue weighted by molar-refractivity contribution is -0.127. The Morgan fingerprint density at radius 1 is 1.19 bits per heavy atom. The molecule has 2 amide bonds. The van der Waals surface area contributed by atoms with E-state index in [9.17, 15) is 9.59 Å². The largest absolute Gasteiger partial charge is 0.352 e. The molecule has 0 spiro atoms. The molecule has 0 atom stereocenters. The second-order valence-electron chi connectivity index (χ2n) is 4.44. The molecule has 0 saturated heterocycles. The van der Waals surface area contributed by atoms with Gasteiger partial charge in [0.15, 0.2) is 0 Å². The fourth-order valence-electron chi connectivity index (χ4n) is 1.79. The van der Waals surface area contributed by atoms with E-state index in [-0.39, 0.29) is 24.9 Å². The molecule has 0 aromatic carbocycles. The van der Waals surface area contributed by atoms with Gasteiger partial charge < -0.3 is 10.2 Å². The van der Waals surface area contributed by atoms with E-state index >= 15 is 0 Å². The Morgan fingerprint density at radius 2 is 1.81 bits per heavy atom. The van der Waals surface area contributed by atoms with Gasteiger partial charge in [-0.1, -0.05) is 12.8 Å². The summed E-state index contributed by atoms with van der Waals surface area (Å²) in [5, 5.41) is 5.79. The van der Waals surface area contributed by atoms with Crippen molar-refractivity contribution in [3.05, 3.63) is 0 Å². The number of rotatable bonds is 5. The highest BCUT2D eigenvalue weighted by Crippen LogP contribution is 2.17. The predicted molar refractivity (Wildman–Crippen MR) is 62.0 cm³/mol. The third-order valence-electron chi connectivity index (χ3n) is 2.78. The summed E-state index contributed by atoms with van der Waals surface area (Å²) in [5.41, 5.74) is 0. The summed E-state index contributed by atoms with van der Waals surface area (Å²) in [4.78, 5) is 24.2. The minimum atomic E-state index is -0.0198. The summed E-state index contributed by atoms with van der Waals surface area (Å²) in [6.45, 7) is 0.432. The molecule has 5 nitrogen and oxygen atoms in total. The molecular weight excluding hydrogens is 206 g/mol. The average molecular weight is 227 g/mol. The van der Waals surface area contributed by atoms with E-state index in [0.717, 1.165) is 12.8 Å². The number of carbonyl (C=O) groups is 2. The van der Waals surface area contributed by atoms with E-state index < -0.39 is 0 Å². The Bertz CT molecular complexity index is 248. The molecule has 0 aromatic rings. The van der Waals surface area contributed by atoms with Crippen LogP contribution in [0.15, 0.2) is 0 Å². The Morgan fingerprint density at radius 3 is 2.38 bits per heavy atom. The van der Waals surface area contributed by atoms with E-state index in [1.807, 2.05) is 0 Å². The van der Waals surface area contributed by atoms with Crippen molar-refractivity contribution >= 4 is 11.8 Å². The minimum absolute atomic E-state index is 0.0153. The molecule has 1 aliphatic rings. The first-order chi connectivity index (χ1) is 7.59. The molecule has 92 valence electrons. The third-order valence-corrected chi connectivity index (χ3v) is 2.78. The monoisotopic (exact) mass is 227 g/mol. The zero-order chi connectivity index (χ0) is 12.0. The van der Waals surface area contributed by atoms with Gasteiger partial charge in [0.2, 0.25) is 11.8 Å². The summed E-state index contributed by atoms with van der Waals surface area (Å²) >= 11 is 0. The topological polar surface area (TPSA) is 61.4 Å². The number of nitrogens with one attached hydrogen (secondary N) is 2. The van der Waals surface area contributed by atoms with Crippen molar-refractivity contribution in [1.29, 1.82) is 0 Å². The zero-order valence-corrected chi connectivity index (χ0v) is 10.1. The minimum Gasteiger partial charge on any atom is -0.352 e. The van der Waals surface area contributed by atoms with Crippen molar-refractivity contribution < 1.29 is 9.59 Å². The van der Waals surface area contributed by atoms with E-state index in [4.69, 9.17) is 0 Å². The van der Waals surface area contributed by atoms with Crippen LogP contribution in [0.5, 0.6) is 0 Å². The molecule has 0 unspecified atom stereocenters. The van der Waals surface area contributed by atoms with Gasteiger partial charge in [0.05, 0.1) is 13.1 Å². The lowest BCUT2D eigenvalue weighted by atomic mass is 10.2. The molecular formula is C11H21N3O2. The van der Waals surface area contributed by atoms with Crippen LogP contribution < -0.4 is 10.6 Å². The maximum atomic E-state index is 11.5. The van der Waals surface area contributed by atoms with Crippen molar-refractivity contribution in [3.8, 4) is 0 Å². The Balaban J connectivity index is 2.08. The van der Waals surface area contributed by atoms with Crippen LogP contribution in [0.2, 0.25) is 0 Å². The fourth-order valence-corrected chi connectivity index (χ4v) is 1.79. The van der Waals surface area contributed by atoms with Crippen LogP contribution in [0, 0.1) is 0 Å². The number of likely N-dealkylation sites (N-methyl/N-ethyl adjacent to an activating group) is 1. The van der Waals surface area contributed by atoms with Gasteiger partial charge in [0, 0.05) is 20.1 Å². The molecule has 1 saturated carbocycles. The summed E-state index contributed by atoms with van der Waals surface area (Å²) in [5.74, 6) is -0.0351. The molecule has 2 N–H and O–H groups in total. The standard InChI is InChI=1S/C11H21N3O2/c1-14(2)11(16)8-12-7-10(15)13-9-5-3-4-6-9/h9,12H,3-8H2,1-2H3,(H,13,15). The maximum absolute atomic E-state index is 11.5. The summed E-state index contributed by atoms with van der Waals surface area (Å²) in [6.07, 6.45) is 4.58. The highest BCUT2D eigenvalue weighted by atomic mass is 16.2. The van der Waals surface area contributed by atoms with E-state index in [2.05, 4.69) is 10.6 Å². The Labute approximate surface area is 96.6 Å². The first kappa shape index (κ1) is 13.0. The molecule has 0 aromatic heterocycles. The predicted octanol–water partition coefficient (Wildman–Crippen LogP) is -0.277. The van der Waals surface area contributed by atoms with Crippen LogP contribution in [-0.2, 0) is 9.59 Å². The first-order valence-corrected chi connectivity index (χ1v) is 5.80. The molecule has 5 heteroatoms. The summed E-state index contributed by atoms with van der Waals surface area (Å²) in [6, 6.07) is 0.346. The smallest absolute Gasteiger partial charge is 0.236 e. The molecule has 1 rings (SSSR count). The van der Waals surface area contributed by atoms with Crippen LogP contribution in [0.4, 0.5) is 0 Å². The molecule has 16 heavy (non-hydrogen) atoms. The molecule has 0 aliphatic heterocycles. The van der Waals surface area contributed by atoms with E-state index in [0.29, 0.717) is 6.04 Å². The zero-order valence-electron chi connectivity index (χ0n) is 10.1. The number of nitrogens with zero attached hydrogens (tertiary/aromatic N) is 1. The third kappa shape index (κ3) is 4.61. The first-order valence-electron chi connectivity index (χ1n) is 5.80. The SMILES string of the molecule is CN(C)C(=O)CNCC(=O)NC1CCCC1. The molecule has 0 radical (unpaired) electrons. The Hall–Kier alpha value is -1.10.